The van der Waals surface area contributed by atoms with Gasteiger partial charge in [0.15, 0.2) is 0 Å². The number of nitrogens with one attached hydrogen (secondary N) is 1. The van der Waals surface area contributed by atoms with Crippen molar-refractivity contribution in [3.05, 3.63) is 59.7 Å². The molecule has 1 saturated carbocycles. The number of amides is 1. The molecule has 128 valence electrons. The van der Waals surface area contributed by atoms with E-state index in [1.54, 1.807) is 0 Å². The molecule has 0 bridgehead atoms. The average molecular weight is 339 g/mol. The number of carbonyl (C=O) groups excluding carboxylic acids is 2. The molecule has 1 fully saturated rings. The second-order valence-corrected chi connectivity index (χ2v) is 6.59. The number of fused-ring (bicyclic) bond motifs is 3. The van der Waals surface area contributed by atoms with Crippen molar-refractivity contribution in [1.82, 2.24) is 5.32 Å². The van der Waals surface area contributed by atoms with Crippen molar-refractivity contribution in [2.75, 3.05) is 6.61 Å². The van der Waals surface area contributed by atoms with Gasteiger partial charge in [0.2, 0.25) is 0 Å². The van der Waals surface area contributed by atoms with Crippen LogP contribution >= 0.6 is 0 Å². The molecule has 4 rings (SSSR count). The lowest BCUT2D eigenvalue weighted by Crippen LogP contribution is -2.41. The van der Waals surface area contributed by atoms with Crippen molar-refractivity contribution < 1.29 is 18.7 Å². The molecular formula is C20H18FNO3. The fraction of sp³-hybridized carbons (Fsp3) is 0.300. The fourth-order valence-electron chi connectivity index (χ4n) is 3.56. The maximum atomic E-state index is 13.0. The monoisotopic (exact) mass is 339 g/mol. The Kier molecular flexibility index (Phi) is 3.99. The third-order valence-electron chi connectivity index (χ3n) is 4.95. The van der Waals surface area contributed by atoms with Crippen molar-refractivity contribution in [1.29, 1.82) is 0 Å². The van der Waals surface area contributed by atoms with Crippen LogP contribution in [0.3, 0.4) is 0 Å². The highest BCUT2D eigenvalue weighted by atomic mass is 19.1. The van der Waals surface area contributed by atoms with E-state index in [9.17, 15) is 14.0 Å². The Labute approximate surface area is 145 Å². The summed E-state index contributed by atoms with van der Waals surface area (Å²) in [7, 11) is 0. The molecule has 1 amide bonds. The minimum absolute atomic E-state index is 0.0568. The summed E-state index contributed by atoms with van der Waals surface area (Å²) < 4.78 is 18.4. The van der Waals surface area contributed by atoms with Crippen molar-refractivity contribution in [3.8, 4) is 11.1 Å². The highest BCUT2D eigenvalue weighted by molar-refractivity contribution is 5.82. The molecule has 2 aromatic carbocycles. The van der Waals surface area contributed by atoms with Crippen LogP contribution in [-0.4, -0.2) is 24.8 Å². The topological polar surface area (TPSA) is 55.4 Å². The molecule has 1 atom stereocenters. The molecule has 2 aromatic rings. The molecule has 4 nitrogen and oxygen atoms in total. The van der Waals surface area contributed by atoms with E-state index >= 15 is 0 Å². The van der Waals surface area contributed by atoms with Gasteiger partial charge in [0.1, 0.15) is 12.6 Å². The SMILES string of the molecule is O=C(N[C@H](C(=O)F)C1CC1)OCC1c2ccccc2-c2ccccc21. The van der Waals surface area contributed by atoms with Gasteiger partial charge in [0, 0.05) is 5.92 Å². The summed E-state index contributed by atoms with van der Waals surface area (Å²) in [5, 5.41) is 2.36. The molecule has 5 heteroatoms. The predicted octanol–water partition coefficient (Wildman–Crippen LogP) is 3.80. The molecule has 2 aliphatic rings. The van der Waals surface area contributed by atoms with E-state index in [-0.39, 0.29) is 18.4 Å². The van der Waals surface area contributed by atoms with Gasteiger partial charge in [-0.1, -0.05) is 48.5 Å². The zero-order valence-corrected chi connectivity index (χ0v) is 13.6. The maximum absolute atomic E-state index is 13.0. The minimum Gasteiger partial charge on any atom is -0.449 e. The molecule has 0 aliphatic heterocycles. The van der Waals surface area contributed by atoms with E-state index in [2.05, 4.69) is 17.4 Å². The molecule has 25 heavy (non-hydrogen) atoms. The van der Waals surface area contributed by atoms with Crippen LogP contribution in [0, 0.1) is 5.92 Å². The average Bonchev–Trinajstić information content (AvgIpc) is 3.40. The number of halogens is 1. The Morgan fingerprint density at radius 3 is 2.12 bits per heavy atom. The summed E-state index contributed by atoms with van der Waals surface area (Å²) in [5.41, 5.74) is 4.50. The van der Waals surface area contributed by atoms with E-state index in [1.807, 2.05) is 36.4 Å². The van der Waals surface area contributed by atoms with Crippen LogP contribution in [0.4, 0.5) is 9.18 Å². The van der Waals surface area contributed by atoms with Crippen molar-refractivity contribution >= 4 is 12.1 Å². The van der Waals surface area contributed by atoms with E-state index in [0.29, 0.717) is 0 Å². The van der Waals surface area contributed by atoms with Crippen LogP contribution < -0.4 is 5.32 Å². The van der Waals surface area contributed by atoms with Crippen LogP contribution in [0.2, 0.25) is 0 Å². The second kappa shape index (κ2) is 6.31. The molecule has 0 saturated heterocycles. The largest absolute Gasteiger partial charge is 0.449 e. The maximum Gasteiger partial charge on any atom is 0.407 e. The second-order valence-electron chi connectivity index (χ2n) is 6.59. The number of carbonyl (C=O) groups is 2. The summed E-state index contributed by atoms with van der Waals surface area (Å²) >= 11 is 0. The summed E-state index contributed by atoms with van der Waals surface area (Å²) in [6.07, 6.45) is 0.762. The summed E-state index contributed by atoms with van der Waals surface area (Å²) in [4.78, 5) is 23.0. The smallest absolute Gasteiger partial charge is 0.407 e. The van der Waals surface area contributed by atoms with Gasteiger partial charge >= 0.3 is 12.1 Å². The molecule has 0 unspecified atom stereocenters. The standard InChI is InChI=1S/C20H18FNO3/c21-19(23)18(12-9-10-12)22-20(24)25-11-17-15-7-3-1-5-13(15)14-6-2-4-8-16(14)17/h1-8,12,17-18H,9-11H2,(H,22,24)/t18-/m0/s1. The first-order valence-corrected chi connectivity index (χ1v) is 8.46. The number of ether oxygens (including phenoxy) is 1. The summed E-state index contributed by atoms with van der Waals surface area (Å²) in [6, 6.07) is 13.5. The third-order valence-corrected chi connectivity index (χ3v) is 4.95. The van der Waals surface area contributed by atoms with Gasteiger partial charge in [-0.25, -0.2) is 4.79 Å². The van der Waals surface area contributed by atoms with Crippen LogP contribution in [0.5, 0.6) is 0 Å². The molecule has 2 aliphatic carbocycles. The molecule has 0 radical (unpaired) electrons. The van der Waals surface area contributed by atoms with Gasteiger partial charge in [0.25, 0.3) is 0 Å². The van der Waals surface area contributed by atoms with E-state index < -0.39 is 18.2 Å². The quantitative estimate of drug-likeness (QED) is 0.843. The number of hydrogen-bond donors (Lipinski definition) is 1. The van der Waals surface area contributed by atoms with Gasteiger partial charge in [0.05, 0.1) is 0 Å². The van der Waals surface area contributed by atoms with Crippen LogP contribution in [0.25, 0.3) is 11.1 Å². The number of benzene rings is 2. The number of hydrogen-bond acceptors (Lipinski definition) is 3. The third kappa shape index (κ3) is 3.02. The molecule has 0 aromatic heterocycles. The van der Waals surface area contributed by atoms with Crippen molar-refractivity contribution in [2.24, 2.45) is 5.92 Å². The minimum atomic E-state index is -1.50. The van der Waals surface area contributed by atoms with Gasteiger partial charge < -0.3 is 10.1 Å². The highest BCUT2D eigenvalue weighted by Crippen LogP contribution is 2.44. The van der Waals surface area contributed by atoms with Crippen molar-refractivity contribution in [2.45, 2.75) is 24.8 Å². The number of alkyl carbamates (subject to hydrolysis) is 1. The molecular weight excluding hydrogens is 321 g/mol. The first-order valence-electron chi connectivity index (χ1n) is 8.46. The van der Waals surface area contributed by atoms with Gasteiger partial charge in [-0.05, 0) is 41.0 Å². The van der Waals surface area contributed by atoms with E-state index in [0.717, 1.165) is 35.1 Å². The molecule has 0 spiro atoms. The lowest BCUT2D eigenvalue weighted by Gasteiger charge is -2.16. The van der Waals surface area contributed by atoms with E-state index in [1.165, 1.54) is 0 Å². The van der Waals surface area contributed by atoms with Crippen LogP contribution in [0.1, 0.15) is 29.9 Å². The highest BCUT2D eigenvalue weighted by Gasteiger charge is 2.38. The fourth-order valence-corrected chi connectivity index (χ4v) is 3.56. The van der Waals surface area contributed by atoms with Crippen LogP contribution in [-0.2, 0) is 9.53 Å². The first-order chi connectivity index (χ1) is 12.1. The van der Waals surface area contributed by atoms with E-state index in [4.69, 9.17) is 4.74 Å². The Morgan fingerprint density at radius 2 is 1.60 bits per heavy atom. The van der Waals surface area contributed by atoms with Gasteiger partial charge in [-0.2, -0.15) is 4.39 Å². The van der Waals surface area contributed by atoms with Crippen LogP contribution in [0.15, 0.2) is 48.5 Å². The zero-order chi connectivity index (χ0) is 17.4. The Morgan fingerprint density at radius 1 is 1.04 bits per heavy atom. The predicted molar refractivity (Wildman–Crippen MR) is 90.8 cm³/mol. The molecule has 0 heterocycles. The van der Waals surface area contributed by atoms with Gasteiger partial charge in [-0.15, -0.1) is 0 Å². The normalized spacial score (nSPS) is 16.7. The Balaban J connectivity index is 1.47. The Hall–Kier alpha value is -2.69. The summed E-state index contributed by atoms with van der Waals surface area (Å²) in [5.74, 6) is -0.156. The van der Waals surface area contributed by atoms with Crippen molar-refractivity contribution in [3.63, 3.8) is 0 Å². The first kappa shape index (κ1) is 15.8. The lowest BCUT2D eigenvalue weighted by molar-refractivity contribution is -0.131. The lowest BCUT2D eigenvalue weighted by atomic mass is 9.98. The summed E-state index contributed by atoms with van der Waals surface area (Å²) in [6.45, 7) is 0.151. The molecule has 1 N–H and O–H groups in total. The van der Waals surface area contributed by atoms with Gasteiger partial charge in [-0.3, -0.25) is 4.79 Å². The Bertz CT molecular complexity index is 786. The number of rotatable bonds is 5. The zero-order valence-electron chi connectivity index (χ0n) is 13.6.